The van der Waals surface area contributed by atoms with Crippen LogP contribution in [-0.4, -0.2) is 75.3 Å². The van der Waals surface area contributed by atoms with Crippen molar-refractivity contribution in [3.63, 3.8) is 0 Å². The van der Waals surface area contributed by atoms with E-state index in [-0.39, 0.29) is 36.8 Å². The Kier molecular flexibility index (Phi) is 7.48. The standard InChI is InChI=1S/C17H22N2O7S/c1-2-9-26-12-15(17(21)22)18-16(20)13-3-5-14(6-4-13)27(23,24)19-7-10-25-11-8-19/h2-6,15H,1,7-12H2,(H,18,20)(H,21,22). The molecule has 0 saturated carbocycles. The summed E-state index contributed by atoms with van der Waals surface area (Å²) in [6.45, 7) is 4.62. The number of carbonyl (C=O) groups is 2. The smallest absolute Gasteiger partial charge is 0.328 e. The fourth-order valence-electron chi connectivity index (χ4n) is 2.40. The molecule has 2 rings (SSSR count). The van der Waals surface area contributed by atoms with Crippen molar-refractivity contribution in [2.45, 2.75) is 10.9 Å². The fourth-order valence-corrected chi connectivity index (χ4v) is 3.81. The summed E-state index contributed by atoms with van der Waals surface area (Å²) in [5, 5.41) is 11.5. The number of nitrogens with one attached hydrogen (secondary N) is 1. The highest BCUT2D eigenvalue weighted by atomic mass is 32.2. The van der Waals surface area contributed by atoms with Crippen LogP contribution >= 0.6 is 0 Å². The van der Waals surface area contributed by atoms with E-state index in [1.165, 1.54) is 34.6 Å². The maximum absolute atomic E-state index is 12.5. The molecule has 2 N–H and O–H groups in total. The molecule has 9 nitrogen and oxygen atoms in total. The van der Waals surface area contributed by atoms with Crippen LogP contribution in [0.3, 0.4) is 0 Å². The van der Waals surface area contributed by atoms with E-state index in [9.17, 15) is 18.0 Å². The van der Waals surface area contributed by atoms with Crippen molar-refractivity contribution >= 4 is 21.9 Å². The van der Waals surface area contributed by atoms with E-state index in [4.69, 9.17) is 14.6 Å². The third-order valence-corrected chi connectivity index (χ3v) is 5.76. The van der Waals surface area contributed by atoms with Gasteiger partial charge in [-0.2, -0.15) is 4.31 Å². The summed E-state index contributed by atoms with van der Waals surface area (Å²) >= 11 is 0. The number of carbonyl (C=O) groups excluding carboxylic acids is 1. The topological polar surface area (TPSA) is 122 Å². The van der Waals surface area contributed by atoms with Crippen molar-refractivity contribution < 1.29 is 32.6 Å². The Hall–Kier alpha value is -2.27. The highest BCUT2D eigenvalue weighted by Crippen LogP contribution is 2.17. The number of sulfonamides is 1. The molecule has 0 aliphatic carbocycles. The third kappa shape index (κ3) is 5.60. The van der Waals surface area contributed by atoms with Gasteiger partial charge in [0.2, 0.25) is 10.0 Å². The molecule has 0 aromatic heterocycles. The van der Waals surface area contributed by atoms with Gasteiger partial charge >= 0.3 is 5.97 Å². The van der Waals surface area contributed by atoms with Crippen molar-refractivity contribution in [3.8, 4) is 0 Å². The Morgan fingerprint density at radius 1 is 1.30 bits per heavy atom. The van der Waals surface area contributed by atoms with E-state index in [2.05, 4.69) is 11.9 Å². The van der Waals surface area contributed by atoms with E-state index in [1.54, 1.807) is 0 Å². The molecule has 0 radical (unpaired) electrons. The summed E-state index contributed by atoms with van der Waals surface area (Å²) in [5.41, 5.74) is 0.144. The van der Waals surface area contributed by atoms with Crippen LogP contribution in [0.15, 0.2) is 41.8 Å². The SMILES string of the molecule is C=CCOCC(NC(=O)c1ccc(S(=O)(=O)N2CCOCC2)cc1)C(=O)O. The number of hydrogen-bond acceptors (Lipinski definition) is 6. The minimum Gasteiger partial charge on any atom is -0.480 e. The number of aliphatic carboxylic acids is 1. The van der Waals surface area contributed by atoms with E-state index >= 15 is 0 Å². The Labute approximate surface area is 157 Å². The summed E-state index contributed by atoms with van der Waals surface area (Å²) in [7, 11) is -3.66. The Bertz CT molecular complexity index is 771. The zero-order valence-corrected chi connectivity index (χ0v) is 15.5. The van der Waals surface area contributed by atoms with E-state index < -0.39 is 27.9 Å². The zero-order valence-electron chi connectivity index (χ0n) is 14.7. The molecule has 0 bridgehead atoms. The van der Waals surface area contributed by atoms with Gasteiger partial charge in [-0.05, 0) is 24.3 Å². The van der Waals surface area contributed by atoms with Crippen LogP contribution in [-0.2, 0) is 24.3 Å². The second-order valence-electron chi connectivity index (χ2n) is 5.73. The minimum atomic E-state index is -3.66. The Balaban J connectivity index is 2.05. The molecule has 1 aromatic carbocycles. The van der Waals surface area contributed by atoms with Gasteiger partial charge in [-0.3, -0.25) is 4.79 Å². The highest BCUT2D eigenvalue weighted by Gasteiger charge is 2.27. The molecule has 0 spiro atoms. The molecule has 1 aliphatic rings. The van der Waals surface area contributed by atoms with Gasteiger partial charge in [-0.1, -0.05) is 6.08 Å². The second-order valence-corrected chi connectivity index (χ2v) is 7.67. The lowest BCUT2D eigenvalue weighted by Crippen LogP contribution is -2.44. The zero-order chi connectivity index (χ0) is 19.9. The van der Waals surface area contributed by atoms with Crippen LogP contribution in [0.2, 0.25) is 0 Å². The number of carboxylic acids is 1. The molecule has 1 aromatic rings. The molecule has 1 unspecified atom stereocenters. The number of hydrogen-bond donors (Lipinski definition) is 2. The summed E-state index contributed by atoms with van der Waals surface area (Å²) < 4.78 is 36.6. The molecule has 27 heavy (non-hydrogen) atoms. The van der Waals surface area contributed by atoms with Gasteiger partial charge < -0.3 is 19.9 Å². The van der Waals surface area contributed by atoms with Gasteiger partial charge in [0.25, 0.3) is 5.91 Å². The lowest BCUT2D eigenvalue weighted by Gasteiger charge is -2.26. The molecule has 1 heterocycles. The maximum Gasteiger partial charge on any atom is 0.328 e. The molecule has 10 heteroatoms. The first-order chi connectivity index (χ1) is 12.9. The number of ether oxygens (including phenoxy) is 2. The van der Waals surface area contributed by atoms with Gasteiger partial charge in [0.05, 0.1) is 31.3 Å². The first kappa shape index (κ1) is 21.0. The first-order valence-corrected chi connectivity index (χ1v) is 9.70. The number of nitrogens with zero attached hydrogens (tertiary/aromatic N) is 1. The van der Waals surface area contributed by atoms with Crippen LogP contribution in [0.25, 0.3) is 0 Å². The van der Waals surface area contributed by atoms with Crippen molar-refractivity contribution in [3.05, 3.63) is 42.5 Å². The van der Waals surface area contributed by atoms with Gasteiger partial charge in [0.15, 0.2) is 6.04 Å². The van der Waals surface area contributed by atoms with Crippen molar-refractivity contribution in [1.82, 2.24) is 9.62 Å². The fraction of sp³-hybridized carbons (Fsp3) is 0.412. The average molecular weight is 398 g/mol. The summed E-state index contributed by atoms with van der Waals surface area (Å²) in [4.78, 5) is 23.5. The molecule has 1 saturated heterocycles. The largest absolute Gasteiger partial charge is 0.480 e. The van der Waals surface area contributed by atoms with Crippen LogP contribution in [0, 0.1) is 0 Å². The van der Waals surface area contributed by atoms with Gasteiger partial charge in [0, 0.05) is 18.7 Å². The van der Waals surface area contributed by atoms with Gasteiger partial charge in [-0.25, -0.2) is 13.2 Å². The van der Waals surface area contributed by atoms with Gasteiger partial charge in [-0.15, -0.1) is 6.58 Å². The van der Waals surface area contributed by atoms with Crippen LogP contribution in [0.4, 0.5) is 0 Å². The lowest BCUT2D eigenvalue weighted by atomic mass is 10.2. The minimum absolute atomic E-state index is 0.0602. The number of amides is 1. The maximum atomic E-state index is 12.5. The average Bonchev–Trinajstić information content (AvgIpc) is 2.68. The second kappa shape index (κ2) is 9.60. The van der Waals surface area contributed by atoms with Crippen molar-refractivity contribution in [1.29, 1.82) is 0 Å². The Morgan fingerprint density at radius 3 is 2.48 bits per heavy atom. The number of morpholine rings is 1. The highest BCUT2D eigenvalue weighted by molar-refractivity contribution is 7.89. The quantitative estimate of drug-likeness (QED) is 0.447. The molecular weight excluding hydrogens is 376 g/mol. The number of carboxylic acid groups (broad SMARTS) is 1. The first-order valence-electron chi connectivity index (χ1n) is 8.26. The number of rotatable bonds is 9. The van der Waals surface area contributed by atoms with Crippen LogP contribution in [0.5, 0.6) is 0 Å². The van der Waals surface area contributed by atoms with Crippen LogP contribution in [0.1, 0.15) is 10.4 Å². The molecule has 1 fully saturated rings. The Morgan fingerprint density at radius 2 is 1.93 bits per heavy atom. The third-order valence-electron chi connectivity index (χ3n) is 3.85. The molecule has 1 amide bonds. The molecule has 1 atom stereocenters. The summed E-state index contributed by atoms with van der Waals surface area (Å²) in [6.07, 6.45) is 1.47. The van der Waals surface area contributed by atoms with E-state index in [1.807, 2.05) is 0 Å². The lowest BCUT2D eigenvalue weighted by molar-refractivity contribution is -0.140. The van der Waals surface area contributed by atoms with Crippen LogP contribution < -0.4 is 5.32 Å². The number of benzene rings is 1. The summed E-state index contributed by atoms with van der Waals surface area (Å²) in [6, 6.07) is 4.10. The van der Waals surface area contributed by atoms with E-state index in [0.29, 0.717) is 13.2 Å². The van der Waals surface area contributed by atoms with Gasteiger partial charge in [0.1, 0.15) is 0 Å². The summed E-state index contributed by atoms with van der Waals surface area (Å²) in [5.74, 6) is -1.88. The molecule has 1 aliphatic heterocycles. The monoisotopic (exact) mass is 398 g/mol. The van der Waals surface area contributed by atoms with Crippen molar-refractivity contribution in [2.75, 3.05) is 39.5 Å². The predicted octanol–water partition coefficient (Wildman–Crippen LogP) is 0.0931. The predicted molar refractivity (Wildman–Crippen MR) is 95.9 cm³/mol. The van der Waals surface area contributed by atoms with Crippen molar-refractivity contribution in [2.24, 2.45) is 0 Å². The molecule has 148 valence electrons. The molecular formula is C17H22N2O7S. The van der Waals surface area contributed by atoms with E-state index in [0.717, 1.165) is 0 Å². The normalized spacial score (nSPS) is 16.4.